The SMILES string of the molecule is c1ccc2sc3c4cccc5c4c(cc3c2c#1)C=CN5c1nc2ccccc2n1-c1ccccc1. The summed E-state index contributed by atoms with van der Waals surface area (Å²) in [7, 11) is 0. The molecule has 4 heteroatoms. The van der Waals surface area contributed by atoms with Gasteiger partial charge < -0.3 is 0 Å². The summed E-state index contributed by atoms with van der Waals surface area (Å²) in [4.78, 5) is 7.32. The van der Waals surface area contributed by atoms with E-state index in [0.29, 0.717) is 0 Å². The summed E-state index contributed by atoms with van der Waals surface area (Å²) in [5.41, 5.74) is 5.52. The molecule has 7 aromatic rings. The number of aromatic nitrogens is 2. The van der Waals surface area contributed by atoms with E-state index in [1.54, 1.807) is 0 Å². The highest BCUT2D eigenvalue weighted by Gasteiger charge is 2.24. The van der Waals surface area contributed by atoms with Gasteiger partial charge in [-0.1, -0.05) is 54.6 Å². The Morgan fingerprint density at radius 1 is 0.829 bits per heavy atom. The Labute approximate surface area is 205 Å². The molecule has 0 amide bonds. The molecular weight excluding hydrogens is 446 g/mol. The first kappa shape index (κ1) is 18.8. The van der Waals surface area contributed by atoms with Crippen molar-refractivity contribution in [3.05, 3.63) is 115 Å². The molecule has 0 bridgehead atoms. The molecule has 8 rings (SSSR count). The number of fused-ring (bicyclic) bond motifs is 5. The lowest BCUT2D eigenvalue weighted by Crippen LogP contribution is -2.16. The monoisotopic (exact) mass is 463 g/mol. The normalized spacial score (nSPS) is 12.7. The number of hydrogen-bond donors (Lipinski definition) is 0. The fourth-order valence-electron chi connectivity index (χ4n) is 5.29. The van der Waals surface area contributed by atoms with Crippen LogP contribution in [0.1, 0.15) is 5.56 Å². The van der Waals surface area contributed by atoms with Crippen molar-refractivity contribution in [1.29, 1.82) is 0 Å². The third kappa shape index (κ3) is 2.59. The van der Waals surface area contributed by atoms with Crippen LogP contribution >= 0.6 is 11.3 Å². The summed E-state index contributed by atoms with van der Waals surface area (Å²) >= 11 is 1.83. The van der Waals surface area contributed by atoms with Crippen molar-refractivity contribution in [2.75, 3.05) is 4.90 Å². The average molecular weight is 464 g/mol. The van der Waals surface area contributed by atoms with Gasteiger partial charge in [0, 0.05) is 37.4 Å². The van der Waals surface area contributed by atoms with Gasteiger partial charge in [-0.05, 0) is 60.2 Å². The van der Waals surface area contributed by atoms with Gasteiger partial charge in [0.25, 0.3) is 0 Å². The predicted octanol–water partition coefficient (Wildman–Crippen LogP) is 8.27. The molecule has 1 aliphatic heterocycles. The highest BCUT2D eigenvalue weighted by atomic mass is 32.1. The number of anilines is 2. The summed E-state index contributed by atoms with van der Waals surface area (Å²) in [6.07, 6.45) is 4.35. The smallest absolute Gasteiger partial charge is 0.220 e. The number of imidazole rings is 1. The number of hydrogen-bond acceptors (Lipinski definition) is 3. The zero-order valence-electron chi connectivity index (χ0n) is 18.6. The van der Waals surface area contributed by atoms with Gasteiger partial charge in [-0.25, -0.2) is 4.98 Å². The maximum atomic E-state index is 5.10. The first-order valence-corrected chi connectivity index (χ1v) is 12.4. The Bertz CT molecular complexity index is 1960. The van der Waals surface area contributed by atoms with Crippen LogP contribution in [-0.2, 0) is 0 Å². The number of para-hydroxylation sites is 3. The minimum absolute atomic E-state index is 0.881. The summed E-state index contributed by atoms with van der Waals surface area (Å²) in [6, 6.07) is 38.2. The molecule has 0 unspecified atom stereocenters. The zero-order valence-corrected chi connectivity index (χ0v) is 19.4. The van der Waals surface area contributed by atoms with Crippen molar-refractivity contribution in [1.82, 2.24) is 9.55 Å². The van der Waals surface area contributed by atoms with E-state index in [-0.39, 0.29) is 0 Å². The maximum Gasteiger partial charge on any atom is 0.220 e. The second-order valence-corrected chi connectivity index (χ2v) is 9.80. The van der Waals surface area contributed by atoms with E-state index < -0.39 is 0 Å². The van der Waals surface area contributed by atoms with Gasteiger partial charge in [0.05, 0.1) is 22.1 Å². The standard InChI is InChI=1S/C31H17N3S/c1-2-9-21(10-3-1)34-26-14-6-5-13-25(26)32-31(34)33-18-17-20-19-24-22-11-4-7-16-28(22)35-30(24)23-12-8-15-27(33)29(20)23/h1-3,5-10,12-19H. The number of rotatable bonds is 2. The van der Waals surface area contributed by atoms with Gasteiger partial charge in [-0.3, -0.25) is 9.47 Å². The summed E-state index contributed by atoms with van der Waals surface area (Å²) in [5, 5.41) is 4.92. The van der Waals surface area contributed by atoms with Crippen LogP contribution in [0, 0.1) is 12.1 Å². The van der Waals surface area contributed by atoms with Crippen LogP contribution in [0.25, 0.3) is 53.7 Å². The molecule has 2 aromatic heterocycles. The topological polar surface area (TPSA) is 21.1 Å². The summed E-state index contributed by atoms with van der Waals surface area (Å²) in [6.45, 7) is 0. The third-order valence-corrected chi connectivity index (χ3v) is 8.00. The molecule has 0 radical (unpaired) electrons. The van der Waals surface area contributed by atoms with Crippen molar-refractivity contribution in [3.8, 4) is 5.69 Å². The number of thiophene rings is 1. The van der Waals surface area contributed by atoms with Gasteiger partial charge in [0.1, 0.15) is 0 Å². The minimum atomic E-state index is 0.881. The van der Waals surface area contributed by atoms with Crippen LogP contribution in [0.2, 0.25) is 0 Å². The molecule has 1 aliphatic rings. The van der Waals surface area contributed by atoms with E-state index in [9.17, 15) is 0 Å². The van der Waals surface area contributed by atoms with Gasteiger partial charge in [0.2, 0.25) is 5.95 Å². The van der Waals surface area contributed by atoms with Crippen LogP contribution < -0.4 is 4.90 Å². The van der Waals surface area contributed by atoms with Gasteiger partial charge >= 0.3 is 0 Å². The molecule has 3 nitrogen and oxygen atoms in total. The van der Waals surface area contributed by atoms with E-state index in [2.05, 4.69) is 107 Å². The Kier molecular flexibility index (Phi) is 3.74. The third-order valence-electron chi connectivity index (χ3n) is 6.80. The molecule has 162 valence electrons. The van der Waals surface area contributed by atoms with Crippen LogP contribution in [0.3, 0.4) is 0 Å². The molecule has 0 saturated carbocycles. The first-order valence-electron chi connectivity index (χ1n) is 11.6. The molecule has 0 saturated heterocycles. The van der Waals surface area contributed by atoms with E-state index in [1.165, 1.54) is 31.1 Å². The fraction of sp³-hybridized carbons (Fsp3) is 0. The Balaban J connectivity index is 1.44. The molecule has 35 heavy (non-hydrogen) atoms. The molecule has 3 heterocycles. The number of benzene rings is 4. The van der Waals surface area contributed by atoms with Crippen molar-refractivity contribution >= 4 is 71.0 Å². The lowest BCUT2D eigenvalue weighted by atomic mass is 9.97. The molecule has 0 spiro atoms. The second-order valence-electron chi connectivity index (χ2n) is 8.74. The van der Waals surface area contributed by atoms with E-state index in [4.69, 9.17) is 4.98 Å². The molecule has 0 N–H and O–H groups in total. The second kappa shape index (κ2) is 6.96. The summed E-state index contributed by atoms with van der Waals surface area (Å²) < 4.78 is 4.78. The highest BCUT2D eigenvalue weighted by molar-refractivity contribution is 7.26. The average Bonchev–Trinajstić information content (AvgIpc) is 3.48. The lowest BCUT2D eigenvalue weighted by molar-refractivity contribution is 1.03. The van der Waals surface area contributed by atoms with Crippen molar-refractivity contribution in [3.63, 3.8) is 0 Å². The van der Waals surface area contributed by atoms with E-state index >= 15 is 0 Å². The van der Waals surface area contributed by atoms with Crippen molar-refractivity contribution < 1.29 is 0 Å². The largest absolute Gasteiger partial charge is 0.286 e. The minimum Gasteiger partial charge on any atom is -0.286 e. The van der Waals surface area contributed by atoms with Crippen molar-refractivity contribution in [2.24, 2.45) is 0 Å². The van der Waals surface area contributed by atoms with Gasteiger partial charge in [0.15, 0.2) is 0 Å². The van der Waals surface area contributed by atoms with Gasteiger partial charge in [-0.2, -0.15) is 0 Å². The lowest BCUT2D eigenvalue weighted by Gasteiger charge is -2.26. The maximum absolute atomic E-state index is 5.10. The van der Waals surface area contributed by atoms with Crippen LogP contribution in [0.15, 0.2) is 97.2 Å². The molecule has 0 fully saturated rings. The number of nitrogens with zero attached hydrogens (tertiary/aromatic N) is 3. The first-order chi connectivity index (χ1) is 17.4. The Hall–Kier alpha value is -4.59. The van der Waals surface area contributed by atoms with Crippen LogP contribution in [0.4, 0.5) is 11.6 Å². The van der Waals surface area contributed by atoms with Crippen molar-refractivity contribution in [2.45, 2.75) is 0 Å². The van der Waals surface area contributed by atoms with E-state index in [0.717, 1.165) is 33.7 Å². The van der Waals surface area contributed by atoms with Crippen LogP contribution in [-0.4, -0.2) is 9.55 Å². The predicted molar refractivity (Wildman–Crippen MR) is 147 cm³/mol. The molecule has 5 aromatic carbocycles. The molecular formula is C31H17N3S. The summed E-state index contributed by atoms with van der Waals surface area (Å²) in [5.74, 6) is 0.881. The highest BCUT2D eigenvalue weighted by Crippen LogP contribution is 2.46. The molecule has 0 aliphatic carbocycles. The Morgan fingerprint density at radius 2 is 1.71 bits per heavy atom. The van der Waals surface area contributed by atoms with Crippen LogP contribution in [0.5, 0.6) is 0 Å². The Morgan fingerprint density at radius 3 is 2.66 bits per heavy atom. The quantitative estimate of drug-likeness (QED) is 0.257. The fourth-order valence-corrected chi connectivity index (χ4v) is 6.46. The molecule has 0 atom stereocenters. The van der Waals surface area contributed by atoms with E-state index in [1.807, 2.05) is 29.5 Å². The van der Waals surface area contributed by atoms with Gasteiger partial charge in [-0.15, -0.1) is 11.3 Å². The zero-order chi connectivity index (χ0) is 22.9.